The largest absolute Gasteiger partial charge is 0.507 e. The van der Waals surface area contributed by atoms with Gasteiger partial charge in [-0.25, -0.2) is 0 Å². The van der Waals surface area contributed by atoms with Crippen LogP contribution in [-0.2, 0) is 0 Å². The highest BCUT2D eigenvalue weighted by molar-refractivity contribution is 5.92. The molecule has 0 saturated carbocycles. The van der Waals surface area contributed by atoms with Gasteiger partial charge < -0.3 is 5.11 Å². The van der Waals surface area contributed by atoms with E-state index in [-0.39, 0.29) is 5.75 Å². The standard InChI is InChI=1S/C38H30O/c39-38-29-34(25-21-30-13-5-1-6-14-30)35(26-22-31-15-7-2-8-16-31)36(27-23-32-17-9-3-10-18-32)37(38)28-24-33-19-11-4-12-20-33/h1-29,39H/b25-21+,26-22+,27-23+,28-24+. The van der Waals surface area contributed by atoms with E-state index >= 15 is 0 Å². The zero-order valence-electron chi connectivity index (χ0n) is 21.7. The van der Waals surface area contributed by atoms with Gasteiger partial charge in [0.15, 0.2) is 0 Å². The molecule has 5 aromatic rings. The molecule has 1 nitrogen and oxygen atoms in total. The molecule has 0 fully saturated rings. The van der Waals surface area contributed by atoms with Gasteiger partial charge in [0, 0.05) is 5.56 Å². The first-order valence-electron chi connectivity index (χ1n) is 13.1. The van der Waals surface area contributed by atoms with Gasteiger partial charge in [-0.15, -0.1) is 0 Å². The molecule has 0 bridgehead atoms. The topological polar surface area (TPSA) is 20.2 Å². The van der Waals surface area contributed by atoms with Crippen molar-refractivity contribution in [2.45, 2.75) is 0 Å². The molecule has 0 amide bonds. The molecule has 0 unspecified atom stereocenters. The predicted molar refractivity (Wildman–Crippen MR) is 170 cm³/mol. The van der Waals surface area contributed by atoms with Crippen LogP contribution < -0.4 is 0 Å². The average molecular weight is 503 g/mol. The lowest BCUT2D eigenvalue weighted by Crippen LogP contribution is -1.93. The van der Waals surface area contributed by atoms with E-state index in [9.17, 15) is 5.11 Å². The van der Waals surface area contributed by atoms with Gasteiger partial charge in [0.05, 0.1) is 0 Å². The fourth-order valence-electron chi connectivity index (χ4n) is 4.40. The summed E-state index contributed by atoms with van der Waals surface area (Å²) in [6.07, 6.45) is 16.7. The molecule has 5 rings (SSSR count). The number of hydrogen-bond acceptors (Lipinski definition) is 1. The molecule has 0 radical (unpaired) electrons. The minimum atomic E-state index is 0.236. The van der Waals surface area contributed by atoms with Crippen molar-refractivity contribution in [1.29, 1.82) is 0 Å². The number of phenols is 1. The first kappa shape index (κ1) is 25.5. The quantitative estimate of drug-likeness (QED) is 0.209. The second-order valence-electron chi connectivity index (χ2n) is 9.20. The number of rotatable bonds is 8. The van der Waals surface area contributed by atoms with E-state index in [1.807, 2.05) is 91.0 Å². The lowest BCUT2D eigenvalue weighted by Gasteiger charge is -2.14. The zero-order valence-corrected chi connectivity index (χ0v) is 21.7. The summed E-state index contributed by atoms with van der Waals surface area (Å²) in [6, 6.07) is 42.7. The van der Waals surface area contributed by atoms with Gasteiger partial charge in [0.2, 0.25) is 0 Å². The Balaban J connectivity index is 1.69. The maximum Gasteiger partial charge on any atom is 0.124 e. The minimum absolute atomic E-state index is 0.236. The summed E-state index contributed by atoms with van der Waals surface area (Å²) in [7, 11) is 0. The van der Waals surface area contributed by atoms with Crippen molar-refractivity contribution in [3.8, 4) is 5.75 Å². The Morgan fingerprint density at radius 2 is 0.667 bits per heavy atom. The number of benzene rings is 5. The number of phenolic OH excluding ortho intramolecular Hbond substituents is 1. The van der Waals surface area contributed by atoms with E-state index in [0.29, 0.717) is 0 Å². The first-order valence-corrected chi connectivity index (χ1v) is 13.1. The van der Waals surface area contributed by atoms with Crippen molar-refractivity contribution in [2.24, 2.45) is 0 Å². The van der Waals surface area contributed by atoms with Crippen molar-refractivity contribution in [2.75, 3.05) is 0 Å². The van der Waals surface area contributed by atoms with Gasteiger partial charge in [0.25, 0.3) is 0 Å². The second kappa shape index (κ2) is 12.9. The van der Waals surface area contributed by atoms with Crippen LogP contribution in [0.3, 0.4) is 0 Å². The van der Waals surface area contributed by atoms with Crippen LogP contribution in [-0.4, -0.2) is 5.11 Å². The highest BCUT2D eigenvalue weighted by atomic mass is 16.3. The summed E-state index contributed by atoms with van der Waals surface area (Å²) in [5.41, 5.74) is 8.08. The summed E-state index contributed by atoms with van der Waals surface area (Å²) < 4.78 is 0. The molecule has 39 heavy (non-hydrogen) atoms. The van der Waals surface area contributed by atoms with Crippen molar-refractivity contribution in [3.05, 3.63) is 172 Å². The van der Waals surface area contributed by atoms with E-state index < -0.39 is 0 Å². The van der Waals surface area contributed by atoms with Gasteiger partial charge >= 0.3 is 0 Å². The number of aromatic hydroxyl groups is 1. The molecule has 0 atom stereocenters. The lowest BCUT2D eigenvalue weighted by molar-refractivity contribution is 0.474. The molecule has 0 heterocycles. The van der Waals surface area contributed by atoms with Crippen molar-refractivity contribution < 1.29 is 5.11 Å². The molecule has 1 heteroatoms. The van der Waals surface area contributed by atoms with E-state index in [1.54, 1.807) is 0 Å². The third-order valence-electron chi connectivity index (χ3n) is 6.44. The molecule has 188 valence electrons. The van der Waals surface area contributed by atoms with E-state index in [1.165, 1.54) is 0 Å². The molecule has 5 aromatic carbocycles. The van der Waals surface area contributed by atoms with Crippen LogP contribution in [0.25, 0.3) is 48.6 Å². The molecule has 0 aliphatic rings. The van der Waals surface area contributed by atoms with Crippen molar-refractivity contribution in [3.63, 3.8) is 0 Å². The zero-order chi connectivity index (χ0) is 26.7. The van der Waals surface area contributed by atoms with Crippen molar-refractivity contribution >= 4 is 48.6 Å². The fraction of sp³-hybridized carbons (Fsp3) is 0. The lowest BCUT2D eigenvalue weighted by atomic mass is 9.92. The van der Waals surface area contributed by atoms with Crippen LogP contribution in [0.4, 0.5) is 0 Å². The van der Waals surface area contributed by atoms with Crippen LogP contribution in [0, 0.1) is 0 Å². The Morgan fingerprint density at radius 1 is 0.333 bits per heavy atom. The smallest absolute Gasteiger partial charge is 0.124 e. The molecule has 0 aliphatic carbocycles. The molecule has 0 aromatic heterocycles. The normalized spacial score (nSPS) is 11.8. The maximum atomic E-state index is 11.3. The molecular weight excluding hydrogens is 472 g/mol. The van der Waals surface area contributed by atoms with Crippen LogP contribution in [0.5, 0.6) is 5.75 Å². The van der Waals surface area contributed by atoms with Gasteiger partial charge in [-0.05, 0) is 45.0 Å². The van der Waals surface area contributed by atoms with E-state index in [0.717, 1.165) is 44.5 Å². The molecule has 0 spiro atoms. The Hall–Kier alpha value is -5.14. The highest BCUT2D eigenvalue weighted by Gasteiger charge is 2.12. The van der Waals surface area contributed by atoms with Crippen LogP contribution in [0.1, 0.15) is 44.5 Å². The Bertz CT molecular complexity index is 1610. The number of hydrogen-bond donors (Lipinski definition) is 1. The Morgan fingerprint density at radius 3 is 1.08 bits per heavy atom. The van der Waals surface area contributed by atoms with E-state index in [2.05, 4.69) is 85.0 Å². The second-order valence-corrected chi connectivity index (χ2v) is 9.20. The molecule has 1 N–H and O–H groups in total. The monoisotopic (exact) mass is 502 g/mol. The molecule has 0 saturated heterocycles. The van der Waals surface area contributed by atoms with E-state index in [4.69, 9.17) is 0 Å². The van der Waals surface area contributed by atoms with Gasteiger partial charge in [-0.2, -0.15) is 0 Å². The summed E-state index contributed by atoms with van der Waals surface area (Å²) in [4.78, 5) is 0. The van der Waals surface area contributed by atoms with Gasteiger partial charge in [-0.1, -0.05) is 170 Å². The predicted octanol–water partition coefficient (Wildman–Crippen LogP) is 10.1. The SMILES string of the molecule is Oc1cc(/C=C/c2ccccc2)c(/C=C/c2ccccc2)c(/C=C/c2ccccc2)c1/C=C/c1ccccc1. The molecular formula is C38H30O. The summed E-state index contributed by atoms with van der Waals surface area (Å²) >= 11 is 0. The van der Waals surface area contributed by atoms with Gasteiger partial charge in [-0.3, -0.25) is 0 Å². The average Bonchev–Trinajstić information content (AvgIpc) is 3.00. The van der Waals surface area contributed by atoms with Crippen molar-refractivity contribution in [1.82, 2.24) is 0 Å². The third kappa shape index (κ3) is 7.00. The summed E-state index contributed by atoms with van der Waals surface area (Å²) in [6.45, 7) is 0. The Labute approximate surface area is 231 Å². The minimum Gasteiger partial charge on any atom is -0.507 e. The van der Waals surface area contributed by atoms with Crippen LogP contribution in [0.15, 0.2) is 127 Å². The maximum absolute atomic E-state index is 11.3. The van der Waals surface area contributed by atoms with Crippen LogP contribution in [0.2, 0.25) is 0 Å². The third-order valence-corrected chi connectivity index (χ3v) is 6.44. The van der Waals surface area contributed by atoms with Crippen LogP contribution >= 0.6 is 0 Å². The Kier molecular flexibility index (Phi) is 8.43. The summed E-state index contributed by atoms with van der Waals surface area (Å²) in [5.74, 6) is 0.236. The van der Waals surface area contributed by atoms with Gasteiger partial charge in [0.1, 0.15) is 5.75 Å². The highest BCUT2D eigenvalue weighted by Crippen LogP contribution is 2.34. The fourth-order valence-corrected chi connectivity index (χ4v) is 4.40. The molecule has 0 aliphatic heterocycles. The first-order chi connectivity index (χ1) is 19.3. The summed E-state index contributed by atoms with van der Waals surface area (Å²) in [5, 5.41) is 11.3.